The van der Waals surface area contributed by atoms with E-state index in [1.807, 2.05) is 13.8 Å². The van der Waals surface area contributed by atoms with Gasteiger partial charge in [0.2, 0.25) is 0 Å². The lowest BCUT2D eigenvalue weighted by Gasteiger charge is -2.23. The van der Waals surface area contributed by atoms with Crippen molar-refractivity contribution in [1.82, 2.24) is 5.32 Å². The van der Waals surface area contributed by atoms with Crippen molar-refractivity contribution in [3.8, 4) is 11.5 Å². The molecule has 0 aliphatic heterocycles. The molecule has 0 fully saturated rings. The highest BCUT2D eigenvalue weighted by molar-refractivity contribution is 5.99. The molecular weight excluding hydrogens is 274 g/mol. The number of carboxylic acid groups (broad SMARTS) is 1. The molecule has 1 amide bonds. The first-order valence-electron chi connectivity index (χ1n) is 6.74. The second-order valence-electron chi connectivity index (χ2n) is 5.74. The Labute approximate surface area is 123 Å². The van der Waals surface area contributed by atoms with Crippen molar-refractivity contribution >= 4 is 11.9 Å². The number of benzene rings is 1. The third-order valence-electron chi connectivity index (χ3n) is 3.35. The molecule has 0 radical (unpaired) electrons. The molecule has 0 bridgehead atoms. The molecule has 6 nitrogen and oxygen atoms in total. The Morgan fingerprint density at radius 1 is 1.14 bits per heavy atom. The number of aromatic hydroxyl groups is 2. The average molecular weight is 295 g/mol. The van der Waals surface area contributed by atoms with Crippen LogP contribution in [-0.4, -0.2) is 33.7 Å². The molecular formula is C15H21NO5. The smallest absolute Gasteiger partial charge is 0.303 e. The summed E-state index contributed by atoms with van der Waals surface area (Å²) < 4.78 is 0. The summed E-state index contributed by atoms with van der Waals surface area (Å²) in [5, 5.41) is 30.5. The van der Waals surface area contributed by atoms with Crippen molar-refractivity contribution < 1.29 is 24.9 Å². The number of aliphatic carboxylic acids is 1. The maximum atomic E-state index is 11.9. The van der Waals surface area contributed by atoms with Crippen molar-refractivity contribution in [2.75, 3.05) is 6.54 Å². The van der Waals surface area contributed by atoms with Crippen LogP contribution >= 0.6 is 0 Å². The summed E-state index contributed by atoms with van der Waals surface area (Å²) in [5.74, 6) is -1.96. The van der Waals surface area contributed by atoms with Crippen LogP contribution in [0, 0.1) is 5.41 Å². The van der Waals surface area contributed by atoms with Crippen LogP contribution < -0.4 is 5.32 Å². The van der Waals surface area contributed by atoms with Crippen LogP contribution in [0.1, 0.15) is 43.5 Å². The van der Waals surface area contributed by atoms with E-state index >= 15 is 0 Å². The molecule has 0 aromatic heterocycles. The molecule has 1 aromatic rings. The number of hydrogen-bond donors (Lipinski definition) is 4. The van der Waals surface area contributed by atoms with Gasteiger partial charge in [-0.2, -0.15) is 0 Å². The quantitative estimate of drug-likeness (QED) is 0.616. The fourth-order valence-corrected chi connectivity index (χ4v) is 1.93. The molecule has 0 aliphatic carbocycles. The van der Waals surface area contributed by atoms with Gasteiger partial charge in [-0.25, -0.2) is 0 Å². The summed E-state index contributed by atoms with van der Waals surface area (Å²) in [6.45, 7) is 4.19. The largest absolute Gasteiger partial charge is 0.507 e. The van der Waals surface area contributed by atoms with E-state index in [1.54, 1.807) is 0 Å². The zero-order chi connectivity index (χ0) is 16.0. The van der Waals surface area contributed by atoms with Gasteiger partial charge in [0.15, 0.2) is 0 Å². The Morgan fingerprint density at radius 3 is 2.24 bits per heavy atom. The van der Waals surface area contributed by atoms with Crippen LogP contribution in [0.5, 0.6) is 11.5 Å². The monoisotopic (exact) mass is 295 g/mol. The predicted molar refractivity (Wildman–Crippen MR) is 77.4 cm³/mol. The van der Waals surface area contributed by atoms with Crippen molar-refractivity contribution in [3.05, 3.63) is 23.8 Å². The Hall–Kier alpha value is -2.24. The number of carboxylic acids is 1. The lowest BCUT2D eigenvalue weighted by atomic mass is 9.84. The highest BCUT2D eigenvalue weighted by atomic mass is 16.4. The highest BCUT2D eigenvalue weighted by Crippen LogP contribution is 2.27. The van der Waals surface area contributed by atoms with E-state index in [-0.39, 0.29) is 28.9 Å². The second-order valence-corrected chi connectivity index (χ2v) is 5.74. The summed E-state index contributed by atoms with van der Waals surface area (Å²) in [5.41, 5.74) is -0.368. The van der Waals surface area contributed by atoms with Crippen molar-refractivity contribution in [3.63, 3.8) is 0 Å². The van der Waals surface area contributed by atoms with Gasteiger partial charge in [-0.1, -0.05) is 19.9 Å². The van der Waals surface area contributed by atoms with Crippen molar-refractivity contribution in [2.24, 2.45) is 5.41 Å². The van der Waals surface area contributed by atoms with Gasteiger partial charge >= 0.3 is 5.97 Å². The molecule has 21 heavy (non-hydrogen) atoms. The van der Waals surface area contributed by atoms with E-state index < -0.39 is 11.9 Å². The number of hydrogen-bond acceptors (Lipinski definition) is 4. The number of carbonyl (C=O) groups excluding carboxylic acids is 1. The number of phenolic OH excluding ortho intramolecular Hbond substituents is 2. The molecule has 0 aliphatic rings. The van der Waals surface area contributed by atoms with E-state index in [4.69, 9.17) is 5.11 Å². The minimum atomic E-state index is -0.841. The normalized spacial score (nSPS) is 11.1. The third kappa shape index (κ3) is 5.33. The first kappa shape index (κ1) is 16.8. The fourth-order valence-electron chi connectivity index (χ4n) is 1.93. The van der Waals surface area contributed by atoms with Gasteiger partial charge in [0, 0.05) is 13.0 Å². The third-order valence-corrected chi connectivity index (χ3v) is 3.35. The van der Waals surface area contributed by atoms with Gasteiger partial charge in [0.05, 0.1) is 0 Å². The number of carbonyl (C=O) groups is 2. The van der Waals surface area contributed by atoms with Gasteiger partial charge in [-0.15, -0.1) is 0 Å². The first-order chi connectivity index (χ1) is 9.73. The van der Waals surface area contributed by atoms with Crippen LogP contribution in [0.4, 0.5) is 0 Å². The molecule has 1 aromatic carbocycles. The van der Waals surface area contributed by atoms with E-state index in [0.717, 1.165) is 0 Å². The van der Waals surface area contributed by atoms with E-state index in [2.05, 4.69) is 5.32 Å². The number of rotatable bonds is 7. The van der Waals surface area contributed by atoms with E-state index in [0.29, 0.717) is 19.4 Å². The fraction of sp³-hybridized carbons (Fsp3) is 0.467. The molecule has 4 N–H and O–H groups in total. The summed E-state index contributed by atoms with van der Waals surface area (Å²) in [6.07, 6.45) is 1.20. The number of nitrogens with one attached hydrogen (secondary N) is 1. The topological polar surface area (TPSA) is 107 Å². The summed E-state index contributed by atoms with van der Waals surface area (Å²) in [4.78, 5) is 22.5. The molecule has 6 heteroatoms. The van der Waals surface area contributed by atoms with Gasteiger partial charge in [-0.3, -0.25) is 9.59 Å². The second kappa shape index (κ2) is 6.97. The van der Waals surface area contributed by atoms with Crippen LogP contribution in [0.2, 0.25) is 0 Å². The summed E-state index contributed by atoms with van der Waals surface area (Å²) >= 11 is 0. The Bertz CT molecular complexity index is 505. The maximum absolute atomic E-state index is 11.9. The number of amides is 1. The molecule has 0 heterocycles. The number of phenols is 2. The molecule has 0 unspecified atom stereocenters. The molecule has 1 rings (SSSR count). The first-order valence-corrected chi connectivity index (χ1v) is 6.74. The van der Waals surface area contributed by atoms with Gasteiger partial charge in [-0.05, 0) is 30.4 Å². The average Bonchev–Trinajstić information content (AvgIpc) is 2.36. The minimum absolute atomic E-state index is 0.0845. The maximum Gasteiger partial charge on any atom is 0.303 e. The van der Waals surface area contributed by atoms with Crippen molar-refractivity contribution in [1.29, 1.82) is 0 Å². The predicted octanol–water partition coefficient (Wildman–Crippen LogP) is 2.11. The lowest BCUT2D eigenvalue weighted by molar-refractivity contribution is -0.137. The van der Waals surface area contributed by atoms with Crippen LogP contribution in [0.15, 0.2) is 18.2 Å². The van der Waals surface area contributed by atoms with Gasteiger partial charge in [0.25, 0.3) is 5.91 Å². The van der Waals surface area contributed by atoms with E-state index in [9.17, 15) is 19.8 Å². The Kier molecular flexibility index (Phi) is 5.58. The van der Waals surface area contributed by atoms with Crippen LogP contribution in [-0.2, 0) is 4.79 Å². The lowest BCUT2D eigenvalue weighted by Crippen LogP contribution is -2.28. The van der Waals surface area contributed by atoms with Crippen molar-refractivity contribution in [2.45, 2.75) is 33.1 Å². The minimum Gasteiger partial charge on any atom is -0.507 e. The van der Waals surface area contributed by atoms with E-state index in [1.165, 1.54) is 18.2 Å². The molecule has 0 saturated heterocycles. The SMILES string of the molecule is CC(C)(CCNC(=O)c1c(O)cccc1O)CCC(=O)O. The summed E-state index contributed by atoms with van der Waals surface area (Å²) in [7, 11) is 0. The molecule has 0 spiro atoms. The zero-order valence-corrected chi connectivity index (χ0v) is 12.2. The van der Waals surface area contributed by atoms with Gasteiger partial charge < -0.3 is 20.6 Å². The molecule has 0 saturated carbocycles. The highest BCUT2D eigenvalue weighted by Gasteiger charge is 2.20. The zero-order valence-electron chi connectivity index (χ0n) is 12.2. The Morgan fingerprint density at radius 2 is 1.71 bits per heavy atom. The van der Waals surface area contributed by atoms with Crippen LogP contribution in [0.25, 0.3) is 0 Å². The molecule has 0 atom stereocenters. The summed E-state index contributed by atoms with van der Waals surface area (Å²) in [6, 6.07) is 4.09. The Balaban J connectivity index is 2.52. The van der Waals surface area contributed by atoms with Gasteiger partial charge in [0.1, 0.15) is 17.1 Å². The van der Waals surface area contributed by atoms with Crippen LogP contribution in [0.3, 0.4) is 0 Å². The standard InChI is InChI=1S/C15H21NO5/c1-15(2,7-6-12(19)20)8-9-16-14(21)13-10(17)4-3-5-11(13)18/h3-5,17-18H,6-9H2,1-2H3,(H,16,21)(H,19,20). The molecule has 116 valence electrons.